The summed E-state index contributed by atoms with van der Waals surface area (Å²) in [4.78, 5) is 10.6. The van der Waals surface area contributed by atoms with Gasteiger partial charge in [0.15, 0.2) is 15.5 Å². The monoisotopic (exact) mass is 245 g/mol. The third kappa shape index (κ3) is 2.24. The highest BCUT2D eigenvalue weighted by Gasteiger charge is 2.29. The number of sulfone groups is 1. The van der Waals surface area contributed by atoms with Crippen LogP contribution in [0.4, 0.5) is 0 Å². The maximum absolute atomic E-state index is 11.4. The lowest BCUT2D eigenvalue weighted by Crippen LogP contribution is -2.23. The lowest BCUT2D eigenvalue weighted by Gasteiger charge is -2.18. The van der Waals surface area contributed by atoms with Crippen LogP contribution in [0, 0.1) is 0 Å². The van der Waals surface area contributed by atoms with Crippen LogP contribution in [0.15, 0.2) is 10.6 Å². The van der Waals surface area contributed by atoms with E-state index in [1.165, 1.54) is 6.07 Å². The fourth-order valence-corrected chi connectivity index (χ4v) is 3.55. The van der Waals surface area contributed by atoms with Crippen LogP contribution < -0.4 is 0 Å². The molecule has 0 radical (unpaired) electrons. The Balaban J connectivity index is 2.20. The van der Waals surface area contributed by atoms with Crippen LogP contribution in [0.25, 0.3) is 0 Å². The first kappa shape index (κ1) is 11.1. The molecule has 1 atom stereocenters. The number of rotatable bonds is 2. The topological polar surface area (TPSA) is 97.5 Å². The summed E-state index contributed by atoms with van der Waals surface area (Å²) >= 11 is 0. The summed E-state index contributed by atoms with van der Waals surface area (Å²) in [6, 6.07) is 1.30. The maximum Gasteiger partial charge on any atom is 0.358 e. The average Bonchev–Trinajstić information content (AvgIpc) is 2.64. The van der Waals surface area contributed by atoms with E-state index in [1.807, 2.05) is 0 Å². The van der Waals surface area contributed by atoms with E-state index in [0.717, 1.165) is 0 Å². The van der Waals surface area contributed by atoms with Crippen LogP contribution in [0.5, 0.6) is 0 Å². The van der Waals surface area contributed by atoms with Crippen LogP contribution in [-0.4, -0.2) is 36.2 Å². The smallest absolute Gasteiger partial charge is 0.358 e. The van der Waals surface area contributed by atoms with Gasteiger partial charge in [-0.2, -0.15) is 0 Å². The van der Waals surface area contributed by atoms with Gasteiger partial charge in [-0.05, 0) is 12.8 Å². The van der Waals surface area contributed by atoms with Crippen molar-refractivity contribution in [1.29, 1.82) is 0 Å². The number of nitrogens with zero attached hydrogens (tertiary/aromatic N) is 1. The van der Waals surface area contributed by atoms with Gasteiger partial charge in [0.1, 0.15) is 5.76 Å². The van der Waals surface area contributed by atoms with Gasteiger partial charge in [0.25, 0.3) is 0 Å². The van der Waals surface area contributed by atoms with E-state index in [0.29, 0.717) is 18.6 Å². The number of hydrogen-bond donors (Lipinski definition) is 1. The zero-order valence-corrected chi connectivity index (χ0v) is 9.24. The highest BCUT2D eigenvalue weighted by atomic mass is 32.2. The van der Waals surface area contributed by atoms with Gasteiger partial charge in [-0.25, -0.2) is 13.2 Å². The predicted molar refractivity (Wildman–Crippen MR) is 54.1 cm³/mol. The van der Waals surface area contributed by atoms with Gasteiger partial charge in [-0.1, -0.05) is 5.16 Å². The molecule has 0 saturated carbocycles. The van der Waals surface area contributed by atoms with E-state index in [2.05, 4.69) is 5.16 Å². The molecule has 1 aliphatic heterocycles. The lowest BCUT2D eigenvalue weighted by molar-refractivity contribution is 0.0685. The molecule has 2 heterocycles. The van der Waals surface area contributed by atoms with Crippen molar-refractivity contribution in [3.63, 3.8) is 0 Å². The number of carbonyl (C=O) groups is 1. The zero-order valence-electron chi connectivity index (χ0n) is 8.42. The normalized spacial score (nSPS) is 24.1. The van der Waals surface area contributed by atoms with Crippen molar-refractivity contribution in [1.82, 2.24) is 5.16 Å². The second-order valence-corrected chi connectivity index (χ2v) is 6.10. The molecule has 7 heteroatoms. The SMILES string of the molecule is O=C(O)c1cc(C2CCCS(=O)(=O)C2)on1. The molecule has 2 rings (SSSR count). The minimum atomic E-state index is -3.03. The molecule has 0 aliphatic carbocycles. The summed E-state index contributed by atoms with van der Waals surface area (Å²) in [6.07, 6.45) is 1.27. The van der Waals surface area contributed by atoms with Gasteiger partial charge >= 0.3 is 5.97 Å². The summed E-state index contributed by atoms with van der Waals surface area (Å²) in [7, 11) is -3.03. The molecule has 1 fully saturated rings. The Labute approximate surface area is 92.2 Å². The van der Waals surface area contributed by atoms with Crippen LogP contribution >= 0.6 is 0 Å². The second kappa shape index (κ2) is 3.89. The number of carboxylic acids is 1. The van der Waals surface area contributed by atoms with Crippen molar-refractivity contribution < 1.29 is 22.8 Å². The zero-order chi connectivity index (χ0) is 11.8. The standard InChI is InChI=1S/C9H11NO5S/c11-9(12)7-4-8(15-10-7)6-2-1-3-16(13,14)5-6/h4,6H,1-3,5H2,(H,11,12). The van der Waals surface area contributed by atoms with Gasteiger partial charge in [-0.15, -0.1) is 0 Å². The van der Waals surface area contributed by atoms with Gasteiger partial charge in [0, 0.05) is 12.0 Å². The molecular formula is C9H11NO5S. The Morgan fingerprint density at radius 3 is 2.88 bits per heavy atom. The second-order valence-electron chi connectivity index (χ2n) is 3.87. The first-order chi connectivity index (χ1) is 7.48. The minimum Gasteiger partial charge on any atom is -0.476 e. The van der Waals surface area contributed by atoms with Crippen molar-refractivity contribution in [3.8, 4) is 0 Å². The van der Waals surface area contributed by atoms with Crippen LogP contribution in [0.1, 0.15) is 35.0 Å². The Kier molecular flexibility index (Phi) is 2.71. The van der Waals surface area contributed by atoms with Crippen molar-refractivity contribution >= 4 is 15.8 Å². The van der Waals surface area contributed by atoms with Crippen molar-refractivity contribution in [2.75, 3.05) is 11.5 Å². The molecule has 6 nitrogen and oxygen atoms in total. The summed E-state index contributed by atoms with van der Waals surface area (Å²) in [5.41, 5.74) is -0.182. The average molecular weight is 245 g/mol. The van der Waals surface area contributed by atoms with Gasteiger partial charge < -0.3 is 9.63 Å². The van der Waals surface area contributed by atoms with Crippen LogP contribution in [0.2, 0.25) is 0 Å². The molecule has 0 bridgehead atoms. The number of aromatic nitrogens is 1. The number of aromatic carboxylic acids is 1. The maximum atomic E-state index is 11.4. The molecule has 0 aromatic carbocycles. The van der Waals surface area contributed by atoms with Crippen LogP contribution in [-0.2, 0) is 9.84 Å². The molecule has 0 amide bonds. The summed E-state index contributed by atoms with van der Waals surface area (Å²) < 4.78 is 27.7. The lowest BCUT2D eigenvalue weighted by atomic mass is 10.0. The van der Waals surface area contributed by atoms with E-state index in [9.17, 15) is 13.2 Å². The Hall–Kier alpha value is -1.37. The highest BCUT2D eigenvalue weighted by molar-refractivity contribution is 7.91. The summed E-state index contributed by atoms with van der Waals surface area (Å²) in [5.74, 6) is -0.876. The van der Waals surface area contributed by atoms with Crippen molar-refractivity contribution in [2.24, 2.45) is 0 Å². The predicted octanol–water partition coefficient (Wildman–Crippen LogP) is 0.665. The van der Waals surface area contributed by atoms with E-state index in [1.54, 1.807) is 0 Å². The highest BCUT2D eigenvalue weighted by Crippen LogP contribution is 2.28. The van der Waals surface area contributed by atoms with E-state index < -0.39 is 15.8 Å². The molecule has 1 unspecified atom stereocenters. The van der Waals surface area contributed by atoms with E-state index in [4.69, 9.17) is 9.63 Å². The number of hydrogen-bond acceptors (Lipinski definition) is 5. The van der Waals surface area contributed by atoms with E-state index in [-0.39, 0.29) is 23.1 Å². The third-order valence-corrected chi connectivity index (χ3v) is 4.43. The van der Waals surface area contributed by atoms with Gasteiger partial charge in [0.2, 0.25) is 0 Å². The Morgan fingerprint density at radius 2 is 2.31 bits per heavy atom. The number of carboxylic acid groups (broad SMARTS) is 1. The van der Waals surface area contributed by atoms with Gasteiger partial charge in [-0.3, -0.25) is 0 Å². The first-order valence-corrected chi connectivity index (χ1v) is 6.70. The molecular weight excluding hydrogens is 234 g/mol. The molecule has 88 valence electrons. The minimum absolute atomic E-state index is 0.0151. The Morgan fingerprint density at radius 1 is 1.56 bits per heavy atom. The molecule has 1 aliphatic rings. The van der Waals surface area contributed by atoms with Crippen molar-refractivity contribution in [2.45, 2.75) is 18.8 Å². The first-order valence-electron chi connectivity index (χ1n) is 4.88. The van der Waals surface area contributed by atoms with E-state index >= 15 is 0 Å². The molecule has 1 saturated heterocycles. The molecule has 0 spiro atoms. The molecule has 1 aromatic rings. The quantitative estimate of drug-likeness (QED) is 0.822. The fraction of sp³-hybridized carbons (Fsp3) is 0.556. The third-order valence-electron chi connectivity index (χ3n) is 2.61. The summed E-state index contributed by atoms with van der Waals surface area (Å²) in [5, 5.41) is 12.0. The van der Waals surface area contributed by atoms with Crippen molar-refractivity contribution in [3.05, 3.63) is 17.5 Å². The summed E-state index contributed by atoms with van der Waals surface area (Å²) in [6.45, 7) is 0. The molecule has 1 N–H and O–H groups in total. The molecule has 1 aromatic heterocycles. The Bertz CT molecular complexity index is 504. The van der Waals surface area contributed by atoms with Crippen LogP contribution in [0.3, 0.4) is 0 Å². The van der Waals surface area contributed by atoms with Gasteiger partial charge in [0.05, 0.1) is 11.5 Å². The fourth-order valence-electron chi connectivity index (χ4n) is 1.83. The largest absolute Gasteiger partial charge is 0.476 e. The molecule has 16 heavy (non-hydrogen) atoms.